The third-order valence-electron chi connectivity index (χ3n) is 3.45. The second kappa shape index (κ2) is 7.24. The van der Waals surface area contributed by atoms with Crippen LogP contribution in [0.1, 0.15) is 21.5 Å². The first-order valence-electron chi connectivity index (χ1n) is 6.94. The van der Waals surface area contributed by atoms with Crippen molar-refractivity contribution in [2.75, 3.05) is 19.5 Å². The monoisotopic (exact) mass is 335 g/mol. The zero-order valence-electron chi connectivity index (χ0n) is 13.1. The van der Waals surface area contributed by atoms with Gasteiger partial charge in [0.15, 0.2) is 11.5 Å². The fraction of sp³-hybridized carbons (Fsp3) is 0.235. The van der Waals surface area contributed by atoms with Gasteiger partial charge in [-0.3, -0.25) is 0 Å². The number of methoxy groups -OCH3 is 2. The van der Waals surface area contributed by atoms with Crippen molar-refractivity contribution in [3.05, 3.63) is 52.0 Å². The van der Waals surface area contributed by atoms with E-state index in [4.69, 9.17) is 26.2 Å². The number of carboxylic acids is 1. The van der Waals surface area contributed by atoms with Crippen molar-refractivity contribution in [1.82, 2.24) is 0 Å². The molecule has 0 aliphatic carbocycles. The Morgan fingerprint density at radius 3 is 2.52 bits per heavy atom. The van der Waals surface area contributed by atoms with Crippen LogP contribution in [-0.4, -0.2) is 25.3 Å². The molecular formula is C17H18ClNO4. The molecule has 0 saturated carbocycles. The Bertz CT molecular complexity index is 731. The van der Waals surface area contributed by atoms with Gasteiger partial charge in [0.05, 0.1) is 24.8 Å². The minimum absolute atomic E-state index is 0.266. The zero-order valence-corrected chi connectivity index (χ0v) is 13.9. The Morgan fingerprint density at radius 2 is 1.96 bits per heavy atom. The van der Waals surface area contributed by atoms with Gasteiger partial charge >= 0.3 is 5.97 Å². The fourth-order valence-electron chi connectivity index (χ4n) is 2.27. The van der Waals surface area contributed by atoms with Crippen LogP contribution in [0.15, 0.2) is 30.3 Å². The molecule has 2 aromatic rings. The number of ether oxygens (including phenoxy) is 2. The van der Waals surface area contributed by atoms with Crippen LogP contribution in [0.25, 0.3) is 0 Å². The van der Waals surface area contributed by atoms with E-state index in [0.717, 1.165) is 16.8 Å². The van der Waals surface area contributed by atoms with E-state index in [-0.39, 0.29) is 5.56 Å². The van der Waals surface area contributed by atoms with Crippen LogP contribution in [0.2, 0.25) is 5.02 Å². The molecule has 2 rings (SSSR count). The van der Waals surface area contributed by atoms with Crippen LogP contribution >= 0.6 is 11.6 Å². The highest BCUT2D eigenvalue weighted by molar-refractivity contribution is 6.32. The van der Waals surface area contributed by atoms with Gasteiger partial charge in [-0.1, -0.05) is 11.6 Å². The van der Waals surface area contributed by atoms with Gasteiger partial charge in [-0.25, -0.2) is 4.79 Å². The molecule has 2 N–H and O–H groups in total. The molecule has 0 spiro atoms. The molecule has 0 unspecified atom stereocenters. The average Bonchev–Trinajstić information content (AvgIpc) is 2.52. The van der Waals surface area contributed by atoms with Crippen molar-refractivity contribution in [3.8, 4) is 11.5 Å². The van der Waals surface area contributed by atoms with E-state index in [2.05, 4.69) is 5.32 Å². The van der Waals surface area contributed by atoms with Crippen LogP contribution in [0.3, 0.4) is 0 Å². The molecule has 0 heterocycles. The minimum atomic E-state index is -0.939. The Morgan fingerprint density at radius 1 is 1.22 bits per heavy atom. The number of rotatable bonds is 6. The Labute approximate surface area is 139 Å². The zero-order chi connectivity index (χ0) is 17.0. The van der Waals surface area contributed by atoms with Crippen molar-refractivity contribution < 1.29 is 19.4 Å². The predicted molar refractivity (Wildman–Crippen MR) is 90.0 cm³/mol. The highest BCUT2D eigenvalue weighted by Crippen LogP contribution is 2.36. The second-order valence-electron chi connectivity index (χ2n) is 5.00. The summed E-state index contributed by atoms with van der Waals surface area (Å²) in [5.41, 5.74) is 2.91. The molecule has 0 atom stereocenters. The van der Waals surface area contributed by atoms with Crippen molar-refractivity contribution >= 4 is 23.3 Å². The van der Waals surface area contributed by atoms with E-state index in [0.29, 0.717) is 23.1 Å². The minimum Gasteiger partial charge on any atom is -0.493 e. The van der Waals surface area contributed by atoms with E-state index in [1.54, 1.807) is 31.4 Å². The van der Waals surface area contributed by atoms with E-state index >= 15 is 0 Å². The first-order valence-corrected chi connectivity index (χ1v) is 7.32. The van der Waals surface area contributed by atoms with Crippen molar-refractivity contribution in [3.63, 3.8) is 0 Å². The molecular weight excluding hydrogens is 318 g/mol. The van der Waals surface area contributed by atoms with Gasteiger partial charge in [0.25, 0.3) is 0 Å². The first-order chi connectivity index (χ1) is 11.0. The number of hydrogen-bond donors (Lipinski definition) is 2. The fourth-order valence-corrected chi connectivity index (χ4v) is 2.58. The molecule has 23 heavy (non-hydrogen) atoms. The summed E-state index contributed by atoms with van der Waals surface area (Å²) < 4.78 is 10.5. The number of hydrogen-bond acceptors (Lipinski definition) is 4. The van der Waals surface area contributed by atoms with Crippen molar-refractivity contribution in [2.45, 2.75) is 13.5 Å². The normalized spacial score (nSPS) is 10.3. The summed E-state index contributed by atoms with van der Waals surface area (Å²) in [5, 5.41) is 12.7. The van der Waals surface area contributed by atoms with Gasteiger partial charge in [-0.15, -0.1) is 0 Å². The van der Waals surface area contributed by atoms with E-state index in [9.17, 15) is 4.79 Å². The summed E-state index contributed by atoms with van der Waals surface area (Å²) in [7, 11) is 3.09. The molecule has 0 fully saturated rings. The molecule has 0 aromatic heterocycles. The highest BCUT2D eigenvalue weighted by Gasteiger charge is 2.11. The molecule has 2 aromatic carbocycles. The molecule has 5 nitrogen and oxygen atoms in total. The van der Waals surface area contributed by atoms with Crippen molar-refractivity contribution in [1.29, 1.82) is 0 Å². The number of carboxylic acid groups (broad SMARTS) is 1. The number of aryl methyl sites for hydroxylation is 1. The van der Waals surface area contributed by atoms with Crippen LogP contribution in [0.5, 0.6) is 11.5 Å². The maximum atomic E-state index is 11.0. The standard InChI is InChI=1S/C17H18ClNO4/c1-10-6-12(17(20)21)4-5-14(10)19-9-11-7-13(18)16(23-3)15(8-11)22-2/h4-8,19H,9H2,1-3H3,(H,20,21). The summed E-state index contributed by atoms with van der Waals surface area (Å²) in [6, 6.07) is 8.60. The molecule has 0 aliphatic rings. The topological polar surface area (TPSA) is 67.8 Å². The predicted octanol–water partition coefficient (Wildman–Crippen LogP) is 3.98. The molecule has 0 radical (unpaired) electrons. The molecule has 0 bridgehead atoms. The SMILES string of the molecule is COc1cc(CNc2ccc(C(=O)O)cc2C)cc(Cl)c1OC. The van der Waals surface area contributed by atoms with Gasteiger partial charge in [0, 0.05) is 12.2 Å². The van der Waals surface area contributed by atoms with Crippen LogP contribution in [0, 0.1) is 6.92 Å². The van der Waals surface area contributed by atoms with Crippen LogP contribution in [-0.2, 0) is 6.54 Å². The number of anilines is 1. The number of nitrogens with one attached hydrogen (secondary N) is 1. The van der Waals surface area contributed by atoms with E-state index < -0.39 is 5.97 Å². The molecule has 122 valence electrons. The Hall–Kier alpha value is -2.40. The van der Waals surface area contributed by atoms with Gasteiger partial charge in [0.2, 0.25) is 0 Å². The summed E-state index contributed by atoms with van der Waals surface area (Å²) in [5.74, 6) is 0.126. The number of halogens is 1. The maximum absolute atomic E-state index is 11.0. The van der Waals surface area contributed by atoms with E-state index in [1.807, 2.05) is 13.0 Å². The second-order valence-corrected chi connectivity index (χ2v) is 5.41. The van der Waals surface area contributed by atoms with Gasteiger partial charge in [-0.2, -0.15) is 0 Å². The Kier molecular flexibility index (Phi) is 5.34. The highest BCUT2D eigenvalue weighted by atomic mass is 35.5. The molecule has 0 amide bonds. The third kappa shape index (κ3) is 3.87. The summed E-state index contributed by atoms with van der Waals surface area (Å²) in [4.78, 5) is 11.0. The van der Waals surface area contributed by atoms with Gasteiger partial charge in [-0.05, 0) is 48.4 Å². The third-order valence-corrected chi connectivity index (χ3v) is 3.73. The number of carbonyl (C=O) groups is 1. The maximum Gasteiger partial charge on any atom is 0.335 e. The first kappa shape index (κ1) is 17.0. The van der Waals surface area contributed by atoms with Gasteiger partial charge < -0.3 is 19.9 Å². The summed E-state index contributed by atoms with van der Waals surface area (Å²) in [6.07, 6.45) is 0. The molecule has 0 saturated heterocycles. The molecule has 0 aliphatic heterocycles. The molecule has 6 heteroatoms. The number of benzene rings is 2. The lowest BCUT2D eigenvalue weighted by Gasteiger charge is -2.14. The van der Waals surface area contributed by atoms with Gasteiger partial charge in [0.1, 0.15) is 0 Å². The lowest BCUT2D eigenvalue weighted by atomic mass is 10.1. The van der Waals surface area contributed by atoms with E-state index in [1.165, 1.54) is 7.11 Å². The Balaban J connectivity index is 2.18. The van der Waals surface area contributed by atoms with Crippen LogP contribution in [0.4, 0.5) is 5.69 Å². The quantitative estimate of drug-likeness (QED) is 0.835. The summed E-state index contributed by atoms with van der Waals surface area (Å²) in [6.45, 7) is 2.38. The lowest BCUT2D eigenvalue weighted by Crippen LogP contribution is -2.04. The lowest BCUT2D eigenvalue weighted by molar-refractivity contribution is 0.0697. The average molecular weight is 336 g/mol. The summed E-state index contributed by atoms with van der Waals surface area (Å²) >= 11 is 6.18. The van der Waals surface area contributed by atoms with Crippen LogP contribution < -0.4 is 14.8 Å². The van der Waals surface area contributed by atoms with Crippen molar-refractivity contribution in [2.24, 2.45) is 0 Å². The largest absolute Gasteiger partial charge is 0.493 e. The smallest absolute Gasteiger partial charge is 0.335 e. The number of aromatic carboxylic acids is 1.